The van der Waals surface area contributed by atoms with Crippen molar-refractivity contribution in [3.63, 3.8) is 0 Å². The van der Waals surface area contributed by atoms with E-state index in [0.29, 0.717) is 18.7 Å². The molecule has 0 saturated carbocycles. The van der Waals surface area contributed by atoms with Gasteiger partial charge in [-0.25, -0.2) is 0 Å². The summed E-state index contributed by atoms with van der Waals surface area (Å²) in [5.41, 5.74) is 9.82. The number of nitrogens with one attached hydrogen (secondary N) is 5. The van der Waals surface area contributed by atoms with Gasteiger partial charge in [-0.05, 0) is 47.6 Å². The molecule has 0 aliphatic rings. The van der Waals surface area contributed by atoms with Crippen molar-refractivity contribution in [1.29, 1.82) is 0 Å². The highest BCUT2D eigenvalue weighted by Gasteiger charge is 2.28. The summed E-state index contributed by atoms with van der Waals surface area (Å²) < 4.78 is 0. The van der Waals surface area contributed by atoms with Crippen molar-refractivity contribution in [2.45, 2.75) is 44.2 Å². The number of aromatic amines is 2. The van der Waals surface area contributed by atoms with E-state index in [1.807, 2.05) is 91.1 Å². The molecule has 2 atom stereocenters. The molecule has 0 spiro atoms. The summed E-state index contributed by atoms with van der Waals surface area (Å²) in [6.45, 7) is 0.384. The number of benzene rings is 3. The quantitative estimate of drug-likeness (QED) is 0.117. The number of fused-ring (bicyclic) bond motifs is 2. The number of hydrogen-bond donors (Lipinski definition) is 6. The summed E-state index contributed by atoms with van der Waals surface area (Å²) in [6, 6.07) is 25.1. The van der Waals surface area contributed by atoms with E-state index in [1.54, 1.807) is 0 Å². The van der Waals surface area contributed by atoms with Crippen LogP contribution in [0.4, 0.5) is 0 Å². The lowest BCUT2D eigenvalue weighted by molar-refractivity contribution is -0.132. The molecule has 2 aromatic heterocycles. The molecule has 0 fully saturated rings. The van der Waals surface area contributed by atoms with Gasteiger partial charge in [0.15, 0.2) is 0 Å². The number of primary amides is 1. The molecule has 7 N–H and O–H groups in total. The fourth-order valence-electron chi connectivity index (χ4n) is 5.30. The van der Waals surface area contributed by atoms with Crippen LogP contribution in [0.1, 0.15) is 29.7 Å². The molecule has 0 radical (unpaired) electrons. The first-order valence-corrected chi connectivity index (χ1v) is 14.7. The third-order valence-electron chi connectivity index (χ3n) is 7.56. The summed E-state index contributed by atoms with van der Waals surface area (Å²) in [5, 5.41) is 10.4. The molecule has 0 saturated heterocycles. The van der Waals surface area contributed by atoms with Crippen molar-refractivity contribution >= 4 is 45.4 Å². The highest BCUT2D eigenvalue weighted by Crippen LogP contribution is 2.20. The number of nitrogens with two attached hydrogens (primary N) is 1. The molecule has 3 aromatic carbocycles. The SMILES string of the molecule is NC(=O)CC[C@H](NC(=O)Cc1cc2ccccc2[nH]1)C(=O)N[C@@H](Cc1c[nH]c2ccccc12)C(=O)NCCc1ccccc1. The molecule has 0 aliphatic carbocycles. The Morgan fingerprint density at radius 1 is 0.795 bits per heavy atom. The zero-order valence-corrected chi connectivity index (χ0v) is 24.3. The predicted molar refractivity (Wildman–Crippen MR) is 169 cm³/mol. The minimum Gasteiger partial charge on any atom is -0.370 e. The van der Waals surface area contributed by atoms with E-state index >= 15 is 0 Å². The van der Waals surface area contributed by atoms with Gasteiger partial charge >= 0.3 is 0 Å². The third kappa shape index (κ3) is 7.91. The van der Waals surface area contributed by atoms with Gasteiger partial charge in [-0.15, -0.1) is 0 Å². The van der Waals surface area contributed by atoms with Crippen LogP contribution in [0, 0.1) is 0 Å². The molecule has 0 bridgehead atoms. The normalized spacial score (nSPS) is 12.5. The van der Waals surface area contributed by atoms with Gasteiger partial charge in [-0.2, -0.15) is 0 Å². The van der Waals surface area contributed by atoms with Crippen molar-refractivity contribution in [3.8, 4) is 0 Å². The number of H-pyrrole nitrogens is 2. The van der Waals surface area contributed by atoms with Crippen LogP contribution in [0.5, 0.6) is 0 Å². The fourth-order valence-corrected chi connectivity index (χ4v) is 5.30. The molecule has 10 heteroatoms. The van der Waals surface area contributed by atoms with Crippen LogP contribution < -0.4 is 21.7 Å². The van der Waals surface area contributed by atoms with Gasteiger partial charge in [0.2, 0.25) is 23.6 Å². The van der Waals surface area contributed by atoms with E-state index in [4.69, 9.17) is 5.73 Å². The summed E-state index contributed by atoms with van der Waals surface area (Å²) in [6.07, 6.45) is 2.57. The monoisotopic (exact) mass is 592 g/mol. The lowest BCUT2D eigenvalue weighted by atomic mass is 10.0. The Bertz CT molecular complexity index is 1730. The van der Waals surface area contributed by atoms with Gasteiger partial charge in [0.05, 0.1) is 6.42 Å². The number of para-hydroxylation sites is 2. The molecule has 226 valence electrons. The van der Waals surface area contributed by atoms with Crippen LogP contribution in [0.3, 0.4) is 0 Å². The molecule has 0 unspecified atom stereocenters. The summed E-state index contributed by atoms with van der Waals surface area (Å²) in [4.78, 5) is 58.1. The van der Waals surface area contributed by atoms with E-state index < -0.39 is 29.8 Å². The average Bonchev–Trinajstić information content (AvgIpc) is 3.62. The van der Waals surface area contributed by atoms with Gasteiger partial charge in [0.1, 0.15) is 12.1 Å². The van der Waals surface area contributed by atoms with Crippen molar-refractivity contribution in [2.75, 3.05) is 6.54 Å². The average molecular weight is 593 g/mol. The van der Waals surface area contributed by atoms with E-state index in [9.17, 15) is 19.2 Å². The maximum absolute atomic E-state index is 13.6. The van der Waals surface area contributed by atoms with Gasteiger partial charge < -0.3 is 31.7 Å². The summed E-state index contributed by atoms with van der Waals surface area (Å²) in [5.74, 6) is -1.92. The van der Waals surface area contributed by atoms with Crippen LogP contribution >= 0.6 is 0 Å². The van der Waals surface area contributed by atoms with E-state index in [1.165, 1.54) is 0 Å². The second kappa shape index (κ2) is 14.2. The molecule has 5 aromatic rings. The number of carbonyl (C=O) groups is 4. The number of amides is 4. The maximum Gasteiger partial charge on any atom is 0.243 e. The Hall–Kier alpha value is -5.38. The minimum atomic E-state index is -1.07. The molecule has 10 nitrogen and oxygen atoms in total. The first kappa shape index (κ1) is 30.1. The number of rotatable bonds is 14. The Balaban J connectivity index is 1.30. The molecular formula is C34H36N6O4. The lowest BCUT2D eigenvalue weighted by Crippen LogP contribution is -2.55. The Kier molecular flexibility index (Phi) is 9.71. The second-order valence-corrected chi connectivity index (χ2v) is 10.8. The van der Waals surface area contributed by atoms with Crippen LogP contribution in [0.2, 0.25) is 0 Å². The zero-order chi connectivity index (χ0) is 30.9. The van der Waals surface area contributed by atoms with Crippen molar-refractivity contribution in [1.82, 2.24) is 25.9 Å². The first-order valence-electron chi connectivity index (χ1n) is 14.7. The summed E-state index contributed by atoms with van der Waals surface area (Å²) in [7, 11) is 0. The molecule has 4 amide bonds. The fraction of sp³-hybridized carbons (Fsp3) is 0.235. The topological polar surface area (TPSA) is 162 Å². The predicted octanol–water partition coefficient (Wildman–Crippen LogP) is 3.03. The first-order chi connectivity index (χ1) is 21.4. The smallest absolute Gasteiger partial charge is 0.243 e. The summed E-state index contributed by atoms with van der Waals surface area (Å²) >= 11 is 0. The van der Waals surface area contributed by atoms with Crippen LogP contribution in [-0.2, 0) is 38.4 Å². The number of aromatic nitrogens is 2. The highest BCUT2D eigenvalue weighted by atomic mass is 16.2. The van der Waals surface area contributed by atoms with Crippen molar-refractivity contribution < 1.29 is 19.2 Å². The van der Waals surface area contributed by atoms with E-state index in [0.717, 1.165) is 32.9 Å². The van der Waals surface area contributed by atoms with E-state index in [-0.39, 0.29) is 31.6 Å². The van der Waals surface area contributed by atoms with E-state index in [2.05, 4.69) is 25.9 Å². The Labute approximate surface area is 254 Å². The van der Waals surface area contributed by atoms with Gasteiger partial charge in [0.25, 0.3) is 0 Å². The van der Waals surface area contributed by atoms with Crippen molar-refractivity contribution in [2.24, 2.45) is 5.73 Å². The minimum absolute atomic E-state index is 0.00492. The lowest BCUT2D eigenvalue weighted by Gasteiger charge is -2.23. The van der Waals surface area contributed by atoms with Crippen LogP contribution in [0.25, 0.3) is 21.8 Å². The number of hydrogen-bond acceptors (Lipinski definition) is 4. The zero-order valence-electron chi connectivity index (χ0n) is 24.3. The molecule has 0 aliphatic heterocycles. The van der Waals surface area contributed by atoms with Gasteiger partial charge in [-0.1, -0.05) is 66.7 Å². The van der Waals surface area contributed by atoms with Crippen LogP contribution in [0.15, 0.2) is 91.1 Å². The van der Waals surface area contributed by atoms with Gasteiger partial charge in [-0.3, -0.25) is 19.2 Å². The number of carbonyl (C=O) groups excluding carboxylic acids is 4. The standard InChI is InChI=1S/C34H36N6O4/c35-31(41)15-14-29(39-32(42)20-25-18-23-10-4-6-12-27(23)38-25)34(44)40-30(19-24-21-37-28-13-7-5-11-26(24)28)33(43)36-17-16-22-8-2-1-3-9-22/h1-13,18,21,29-30,37-38H,14-17,19-20H2,(H2,35,41)(H,36,43)(H,39,42)(H,40,44)/t29-,30-/m0/s1. The largest absolute Gasteiger partial charge is 0.370 e. The highest BCUT2D eigenvalue weighted by molar-refractivity contribution is 5.94. The molecule has 5 rings (SSSR count). The molecule has 2 heterocycles. The third-order valence-corrected chi connectivity index (χ3v) is 7.56. The maximum atomic E-state index is 13.6. The van der Waals surface area contributed by atoms with Crippen LogP contribution in [-0.4, -0.2) is 52.2 Å². The van der Waals surface area contributed by atoms with Crippen molar-refractivity contribution in [3.05, 3.63) is 108 Å². The Morgan fingerprint density at radius 2 is 1.52 bits per heavy atom. The Morgan fingerprint density at radius 3 is 2.30 bits per heavy atom. The van der Waals surface area contributed by atoms with Gasteiger partial charge in [0, 0.05) is 47.7 Å². The molecule has 44 heavy (non-hydrogen) atoms. The molecular weight excluding hydrogens is 556 g/mol. The second-order valence-electron chi connectivity index (χ2n) is 10.8.